The Bertz CT molecular complexity index is 615. The number of aryl methyl sites for hydroxylation is 1. The summed E-state index contributed by atoms with van der Waals surface area (Å²) in [6.45, 7) is 6.37. The maximum atomic E-state index is 5.95. The lowest BCUT2D eigenvalue weighted by Crippen LogP contribution is -2.21. The summed E-state index contributed by atoms with van der Waals surface area (Å²) in [5, 5.41) is 3.11. The van der Waals surface area contributed by atoms with Crippen LogP contribution in [0, 0.1) is 6.92 Å². The van der Waals surface area contributed by atoms with Crippen molar-refractivity contribution < 1.29 is 0 Å². The fourth-order valence-electron chi connectivity index (χ4n) is 1.99. The number of hydrogen-bond acceptors (Lipinski definition) is 1. The van der Waals surface area contributed by atoms with Gasteiger partial charge in [0.05, 0.1) is 5.69 Å². The Hall–Kier alpha value is -2.29. The predicted octanol–water partition coefficient (Wildman–Crippen LogP) is 4.18. The van der Waals surface area contributed by atoms with E-state index < -0.39 is 0 Å². The van der Waals surface area contributed by atoms with Crippen LogP contribution >= 0.6 is 0 Å². The normalized spacial score (nSPS) is 11.7. The van der Waals surface area contributed by atoms with Crippen molar-refractivity contribution in [1.29, 1.82) is 0 Å². The fraction of sp³-hybridized carbons (Fsp3) is 0.235. The number of nitrogens with two attached hydrogens (primary N) is 1. The predicted molar refractivity (Wildman–Crippen MR) is 86.6 cm³/mol. The summed E-state index contributed by atoms with van der Waals surface area (Å²) in [6, 6.07) is 16.2. The number of anilines is 1. The summed E-state index contributed by atoms with van der Waals surface area (Å²) >= 11 is 0. The molecule has 0 aliphatic heterocycles. The van der Waals surface area contributed by atoms with Crippen molar-refractivity contribution in [3.8, 4) is 0 Å². The average Bonchev–Trinajstić information content (AvgIpc) is 2.38. The summed E-state index contributed by atoms with van der Waals surface area (Å²) in [6.07, 6.45) is 0. The Kier molecular flexibility index (Phi) is 4.41. The first-order valence-corrected chi connectivity index (χ1v) is 6.82. The van der Waals surface area contributed by atoms with Gasteiger partial charge in [0.15, 0.2) is 5.96 Å². The molecule has 0 spiro atoms. The smallest absolute Gasteiger partial charge is 0.198 e. The molecular weight excluding hydrogens is 246 g/mol. The summed E-state index contributed by atoms with van der Waals surface area (Å²) in [5.74, 6) is 0.882. The average molecular weight is 267 g/mol. The molecule has 0 bridgehead atoms. The van der Waals surface area contributed by atoms with Gasteiger partial charge >= 0.3 is 0 Å². The minimum atomic E-state index is 0.400. The third-order valence-electron chi connectivity index (χ3n) is 3.08. The Labute approximate surface area is 120 Å². The van der Waals surface area contributed by atoms with Crippen LogP contribution in [0.15, 0.2) is 53.5 Å². The van der Waals surface area contributed by atoms with E-state index in [0.717, 1.165) is 11.4 Å². The molecule has 0 saturated heterocycles. The van der Waals surface area contributed by atoms with Gasteiger partial charge < -0.3 is 11.1 Å². The molecule has 0 saturated carbocycles. The zero-order valence-electron chi connectivity index (χ0n) is 12.2. The Balaban J connectivity index is 2.16. The standard InChI is InChI=1S/C17H21N3/c1-12(2)14-7-5-9-16(11-14)20-17(18)19-15-8-4-6-13(3)10-15/h4-12H,1-3H3,(H3,18,19,20). The van der Waals surface area contributed by atoms with E-state index in [1.165, 1.54) is 11.1 Å². The third-order valence-corrected chi connectivity index (χ3v) is 3.08. The molecule has 0 amide bonds. The van der Waals surface area contributed by atoms with Crippen molar-refractivity contribution in [2.24, 2.45) is 10.7 Å². The molecule has 3 N–H and O–H groups in total. The maximum Gasteiger partial charge on any atom is 0.198 e. The summed E-state index contributed by atoms with van der Waals surface area (Å²) in [7, 11) is 0. The molecule has 0 aromatic heterocycles. The minimum Gasteiger partial charge on any atom is -0.369 e. The van der Waals surface area contributed by atoms with Crippen molar-refractivity contribution in [3.05, 3.63) is 59.7 Å². The molecule has 0 aliphatic rings. The lowest BCUT2D eigenvalue weighted by Gasteiger charge is -2.08. The van der Waals surface area contributed by atoms with E-state index in [-0.39, 0.29) is 0 Å². The second-order valence-electron chi connectivity index (χ2n) is 5.24. The maximum absolute atomic E-state index is 5.95. The number of guanidine groups is 1. The fourth-order valence-corrected chi connectivity index (χ4v) is 1.99. The van der Waals surface area contributed by atoms with Crippen molar-refractivity contribution in [3.63, 3.8) is 0 Å². The molecule has 3 nitrogen and oxygen atoms in total. The minimum absolute atomic E-state index is 0.400. The molecule has 2 rings (SSSR count). The quantitative estimate of drug-likeness (QED) is 0.647. The SMILES string of the molecule is Cc1cccc(NC(N)=Nc2cccc(C(C)C)c2)c1. The number of nitrogens with zero attached hydrogens (tertiary/aromatic N) is 1. The van der Waals surface area contributed by atoms with Crippen LogP contribution < -0.4 is 11.1 Å². The van der Waals surface area contributed by atoms with Crippen LogP contribution in [-0.4, -0.2) is 5.96 Å². The molecule has 0 aliphatic carbocycles. The van der Waals surface area contributed by atoms with Gasteiger partial charge in [-0.2, -0.15) is 0 Å². The second kappa shape index (κ2) is 6.24. The highest BCUT2D eigenvalue weighted by Gasteiger charge is 2.01. The second-order valence-corrected chi connectivity index (χ2v) is 5.24. The number of hydrogen-bond donors (Lipinski definition) is 2. The van der Waals surface area contributed by atoms with Gasteiger partial charge in [-0.15, -0.1) is 0 Å². The summed E-state index contributed by atoms with van der Waals surface area (Å²) in [4.78, 5) is 4.41. The lowest BCUT2D eigenvalue weighted by atomic mass is 10.0. The first-order valence-electron chi connectivity index (χ1n) is 6.82. The van der Waals surface area contributed by atoms with Gasteiger partial charge in [0, 0.05) is 5.69 Å². The molecule has 0 fully saturated rings. The van der Waals surface area contributed by atoms with Crippen molar-refractivity contribution >= 4 is 17.3 Å². The van der Waals surface area contributed by atoms with Crippen molar-refractivity contribution in [2.45, 2.75) is 26.7 Å². The molecule has 0 radical (unpaired) electrons. The lowest BCUT2D eigenvalue weighted by molar-refractivity contribution is 0.867. The van der Waals surface area contributed by atoms with E-state index in [1.54, 1.807) is 0 Å². The van der Waals surface area contributed by atoms with Gasteiger partial charge in [-0.25, -0.2) is 4.99 Å². The molecular formula is C17H21N3. The van der Waals surface area contributed by atoms with Crippen LogP contribution in [0.25, 0.3) is 0 Å². The van der Waals surface area contributed by atoms with E-state index in [2.05, 4.69) is 36.3 Å². The molecule has 20 heavy (non-hydrogen) atoms. The zero-order valence-corrected chi connectivity index (χ0v) is 12.2. The number of benzene rings is 2. The zero-order chi connectivity index (χ0) is 14.5. The van der Waals surface area contributed by atoms with E-state index in [0.29, 0.717) is 11.9 Å². The van der Waals surface area contributed by atoms with Gasteiger partial charge in [-0.05, 0) is 48.2 Å². The van der Waals surface area contributed by atoms with Crippen LogP contribution in [0.4, 0.5) is 11.4 Å². The number of aliphatic imine (C=N–C) groups is 1. The Morgan fingerprint density at radius 1 is 1.10 bits per heavy atom. The topological polar surface area (TPSA) is 50.4 Å². The van der Waals surface area contributed by atoms with Crippen molar-refractivity contribution in [1.82, 2.24) is 0 Å². The van der Waals surface area contributed by atoms with Crippen molar-refractivity contribution in [2.75, 3.05) is 5.32 Å². The van der Waals surface area contributed by atoms with Gasteiger partial charge in [0.1, 0.15) is 0 Å². The van der Waals surface area contributed by atoms with E-state index >= 15 is 0 Å². The molecule has 0 atom stereocenters. The van der Waals surface area contributed by atoms with Crippen LogP contribution in [-0.2, 0) is 0 Å². The van der Waals surface area contributed by atoms with Crippen LogP contribution in [0.5, 0.6) is 0 Å². The third kappa shape index (κ3) is 3.85. The first kappa shape index (κ1) is 14.1. The van der Waals surface area contributed by atoms with E-state index in [9.17, 15) is 0 Å². The highest BCUT2D eigenvalue weighted by atomic mass is 15.1. The van der Waals surface area contributed by atoms with Crippen LogP contribution in [0.3, 0.4) is 0 Å². The van der Waals surface area contributed by atoms with Gasteiger partial charge in [-0.1, -0.05) is 38.1 Å². The van der Waals surface area contributed by atoms with E-state index in [4.69, 9.17) is 5.73 Å². The number of nitrogens with one attached hydrogen (secondary N) is 1. The summed E-state index contributed by atoms with van der Waals surface area (Å²) in [5.41, 5.74) is 10.2. The Morgan fingerprint density at radius 2 is 1.85 bits per heavy atom. The molecule has 2 aromatic carbocycles. The first-order chi connectivity index (χ1) is 9.54. The molecule has 0 unspecified atom stereocenters. The van der Waals surface area contributed by atoms with Gasteiger partial charge in [0.25, 0.3) is 0 Å². The van der Waals surface area contributed by atoms with Crippen LogP contribution in [0.2, 0.25) is 0 Å². The molecule has 2 aromatic rings. The molecule has 3 heteroatoms. The van der Waals surface area contributed by atoms with Gasteiger partial charge in [0.2, 0.25) is 0 Å². The molecule has 104 valence electrons. The monoisotopic (exact) mass is 267 g/mol. The number of rotatable bonds is 3. The highest BCUT2D eigenvalue weighted by molar-refractivity contribution is 5.94. The van der Waals surface area contributed by atoms with E-state index in [1.807, 2.05) is 43.3 Å². The van der Waals surface area contributed by atoms with Gasteiger partial charge in [-0.3, -0.25) is 0 Å². The van der Waals surface area contributed by atoms with Crippen LogP contribution in [0.1, 0.15) is 30.9 Å². The largest absolute Gasteiger partial charge is 0.369 e. The molecule has 0 heterocycles. The highest BCUT2D eigenvalue weighted by Crippen LogP contribution is 2.20. The Morgan fingerprint density at radius 3 is 2.55 bits per heavy atom. The summed E-state index contributed by atoms with van der Waals surface area (Å²) < 4.78 is 0.